The second kappa shape index (κ2) is 5.10. The minimum absolute atomic E-state index is 0.0902. The van der Waals surface area contributed by atoms with Crippen molar-refractivity contribution >= 4 is 21.8 Å². The van der Waals surface area contributed by atoms with Gasteiger partial charge in [0.1, 0.15) is 5.82 Å². The van der Waals surface area contributed by atoms with Gasteiger partial charge in [0, 0.05) is 11.0 Å². The fraction of sp³-hybridized carbons (Fsp3) is 0.300. The van der Waals surface area contributed by atoms with Gasteiger partial charge >= 0.3 is 0 Å². The third kappa shape index (κ3) is 3.10. The van der Waals surface area contributed by atoms with E-state index in [4.69, 9.17) is 0 Å². The van der Waals surface area contributed by atoms with Gasteiger partial charge in [0.2, 0.25) is 5.91 Å². The summed E-state index contributed by atoms with van der Waals surface area (Å²) in [6.07, 6.45) is 0.0902. The highest BCUT2D eigenvalue weighted by molar-refractivity contribution is 9.10. The smallest absolute Gasteiger partial charge is 0.224 e. The molecule has 0 aliphatic rings. The van der Waals surface area contributed by atoms with Gasteiger partial charge in [-0.1, -0.05) is 22.0 Å². The first-order chi connectivity index (χ1) is 6.63. The molecule has 0 aromatic heterocycles. The molecule has 0 aliphatic carbocycles. The third-order valence-corrected chi connectivity index (χ3v) is 2.23. The minimum atomic E-state index is -0.356. The van der Waals surface area contributed by atoms with E-state index in [1.807, 2.05) is 6.92 Å². The highest BCUT2D eigenvalue weighted by atomic mass is 79.9. The average Bonchev–Trinajstić information content (AvgIpc) is 2.10. The first-order valence-electron chi connectivity index (χ1n) is 4.34. The highest BCUT2D eigenvalue weighted by Gasteiger charge is 2.07. The van der Waals surface area contributed by atoms with Crippen LogP contribution in [-0.2, 0) is 11.2 Å². The predicted octanol–water partition coefficient (Wildman–Crippen LogP) is 2.27. The van der Waals surface area contributed by atoms with E-state index in [2.05, 4.69) is 21.2 Å². The SMILES string of the molecule is CCNC(=O)Cc1ccc(Br)cc1F. The van der Waals surface area contributed by atoms with Crippen LogP contribution in [0.3, 0.4) is 0 Å². The zero-order valence-corrected chi connectivity index (χ0v) is 9.40. The van der Waals surface area contributed by atoms with Crippen LogP contribution in [0, 0.1) is 5.82 Å². The first-order valence-corrected chi connectivity index (χ1v) is 5.13. The molecule has 0 fully saturated rings. The lowest BCUT2D eigenvalue weighted by atomic mass is 10.1. The number of amides is 1. The Bertz CT molecular complexity index is 341. The fourth-order valence-electron chi connectivity index (χ4n) is 1.10. The maximum atomic E-state index is 13.2. The number of likely N-dealkylation sites (N-methyl/N-ethyl adjacent to an activating group) is 1. The summed E-state index contributed by atoms with van der Waals surface area (Å²) in [4.78, 5) is 11.2. The number of carbonyl (C=O) groups excluding carboxylic acids is 1. The molecule has 0 bridgehead atoms. The van der Waals surface area contributed by atoms with Crippen molar-refractivity contribution < 1.29 is 9.18 Å². The summed E-state index contributed by atoms with van der Waals surface area (Å²) in [5.74, 6) is -0.514. The second-order valence-corrected chi connectivity index (χ2v) is 3.78. The van der Waals surface area contributed by atoms with Crippen LogP contribution >= 0.6 is 15.9 Å². The van der Waals surface area contributed by atoms with E-state index < -0.39 is 0 Å². The summed E-state index contributed by atoms with van der Waals surface area (Å²) < 4.78 is 13.9. The molecule has 14 heavy (non-hydrogen) atoms. The molecule has 0 spiro atoms. The van der Waals surface area contributed by atoms with Crippen molar-refractivity contribution in [3.8, 4) is 0 Å². The first kappa shape index (κ1) is 11.2. The molecule has 4 heteroatoms. The number of hydrogen-bond donors (Lipinski definition) is 1. The molecule has 0 saturated carbocycles. The highest BCUT2D eigenvalue weighted by Crippen LogP contribution is 2.15. The fourth-order valence-corrected chi connectivity index (χ4v) is 1.43. The third-order valence-electron chi connectivity index (χ3n) is 1.74. The van der Waals surface area contributed by atoms with Crippen LogP contribution in [0.25, 0.3) is 0 Å². The largest absolute Gasteiger partial charge is 0.356 e. The summed E-state index contributed by atoms with van der Waals surface area (Å²) in [6.45, 7) is 2.40. The molecule has 0 atom stereocenters. The maximum absolute atomic E-state index is 13.2. The topological polar surface area (TPSA) is 29.1 Å². The molecule has 0 saturated heterocycles. The minimum Gasteiger partial charge on any atom is -0.356 e. The Labute approximate surface area is 90.6 Å². The van der Waals surface area contributed by atoms with Gasteiger partial charge in [-0.3, -0.25) is 4.79 Å². The molecular formula is C10H11BrFNO. The molecule has 0 aliphatic heterocycles. The van der Waals surface area contributed by atoms with Crippen molar-refractivity contribution in [2.24, 2.45) is 0 Å². The summed E-state index contributed by atoms with van der Waals surface area (Å²) in [7, 11) is 0. The van der Waals surface area contributed by atoms with E-state index in [-0.39, 0.29) is 18.1 Å². The van der Waals surface area contributed by atoms with Crippen LogP contribution in [0.2, 0.25) is 0 Å². The van der Waals surface area contributed by atoms with E-state index in [1.165, 1.54) is 6.07 Å². The van der Waals surface area contributed by atoms with E-state index in [0.29, 0.717) is 16.6 Å². The van der Waals surface area contributed by atoms with Crippen LogP contribution in [0.4, 0.5) is 4.39 Å². The van der Waals surface area contributed by atoms with Gasteiger partial charge in [0.05, 0.1) is 6.42 Å². The molecule has 0 radical (unpaired) electrons. The monoisotopic (exact) mass is 259 g/mol. The molecule has 76 valence electrons. The van der Waals surface area contributed by atoms with E-state index in [1.54, 1.807) is 12.1 Å². The van der Waals surface area contributed by atoms with Crippen LogP contribution in [0.15, 0.2) is 22.7 Å². The average molecular weight is 260 g/mol. The Morgan fingerprint density at radius 3 is 2.86 bits per heavy atom. The molecule has 0 heterocycles. The summed E-state index contributed by atoms with van der Waals surface area (Å²) in [5, 5.41) is 2.62. The number of benzene rings is 1. The standard InChI is InChI=1S/C10H11BrFNO/c1-2-13-10(14)5-7-3-4-8(11)6-9(7)12/h3-4,6H,2,5H2,1H3,(H,13,14). The molecule has 1 amide bonds. The zero-order chi connectivity index (χ0) is 10.6. The second-order valence-electron chi connectivity index (χ2n) is 2.87. The number of rotatable bonds is 3. The lowest BCUT2D eigenvalue weighted by Crippen LogP contribution is -2.24. The zero-order valence-electron chi connectivity index (χ0n) is 7.81. The van der Waals surface area contributed by atoms with Crippen molar-refractivity contribution in [2.45, 2.75) is 13.3 Å². The van der Waals surface area contributed by atoms with Gasteiger partial charge in [-0.15, -0.1) is 0 Å². The van der Waals surface area contributed by atoms with Crippen molar-refractivity contribution in [3.05, 3.63) is 34.1 Å². The van der Waals surface area contributed by atoms with Crippen molar-refractivity contribution in [3.63, 3.8) is 0 Å². The van der Waals surface area contributed by atoms with Crippen LogP contribution in [0.5, 0.6) is 0 Å². The van der Waals surface area contributed by atoms with Gasteiger partial charge in [-0.05, 0) is 24.6 Å². The number of carbonyl (C=O) groups is 1. The molecule has 1 rings (SSSR count). The summed E-state index contributed by atoms with van der Waals surface area (Å²) >= 11 is 3.15. The quantitative estimate of drug-likeness (QED) is 0.887. The Kier molecular flexibility index (Phi) is 4.07. The van der Waals surface area contributed by atoms with Crippen molar-refractivity contribution in [2.75, 3.05) is 6.54 Å². The molecule has 0 unspecified atom stereocenters. The van der Waals surface area contributed by atoms with Crippen LogP contribution < -0.4 is 5.32 Å². The van der Waals surface area contributed by atoms with Gasteiger partial charge < -0.3 is 5.32 Å². The molecular weight excluding hydrogens is 249 g/mol. The normalized spacial score (nSPS) is 9.93. The Balaban J connectivity index is 2.72. The Hall–Kier alpha value is -0.900. The molecule has 2 nitrogen and oxygen atoms in total. The molecule has 1 aromatic rings. The lowest BCUT2D eigenvalue weighted by molar-refractivity contribution is -0.120. The number of hydrogen-bond acceptors (Lipinski definition) is 1. The van der Waals surface area contributed by atoms with Crippen molar-refractivity contribution in [1.29, 1.82) is 0 Å². The summed E-state index contributed by atoms with van der Waals surface area (Å²) in [6, 6.07) is 4.68. The Morgan fingerprint density at radius 1 is 1.57 bits per heavy atom. The lowest BCUT2D eigenvalue weighted by Gasteiger charge is -2.03. The molecule has 1 N–H and O–H groups in total. The number of nitrogens with one attached hydrogen (secondary N) is 1. The van der Waals surface area contributed by atoms with Crippen LogP contribution in [-0.4, -0.2) is 12.5 Å². The van der Waals surface area contributed by atoms with E-state index >= 15 is 0 Å². The van der Waals surface area contributed by atoms with Gasteiger partial charge in [-0.2, -0.15) is 0 Å². The van der Waals surface area contributed by atoms with Gasteiger partial charge in [0.15, 0.2) is 0 Å². The van der Waals surface area contributed by atoms with E-state index in [9.17, 15) is 9.18 Å². The predicted molar refractivity (Wildman–Crippen MR) is 56.5 cm³/mol. The summed E-state index contributed by atoms with van der Waals surface area (Å²) in [5.41, 5.74) is 0.416. The van der Waals surface area contributed by atoms with E-state index in [0.717, 1.165) is 0 Å². The maximum Gasteiger partial charge on any atom is 0.224 e. The Morgan fingerprint density at radius 2 is 2.29 bits per heavy atom. The van der Waals surface area contributed by atoms with Gasteiger partial charge in [-0.25, -0.2) is 4.39 Å². The van der Waals surface area contributed by atoms with Crippen LogP contribution in [0.1, 0.15) is 12.5 Å². The van der Waals surface area contributed by atoms with Crippen molar-refractivity contribution in [1.82, 2.24) is 5.32 Å². The molecule has 1 aromatic carbocycles. The number of halogens is 2. The van der Waals surface area contributed by atoms with Gasteiger partial charge in [0.25, 0.3) is 0 Å².